The van der Waals surface area contributed by atoms with Gasteiger partial charge in [-0.05, 0) is 49.2 Å². The van der Waals surface area contributed by atoms with Crippen molar-refractivity contribution in [2.45, 2.75) is 18.3 Å². The molecule has 1 N–H and O–H groups in total. The number of anilines is 1. The van der Waals surface area contributed by atoms with Crippen LogP contribution in [0.25, 0.3) is 11.3 Å². The van der Waals surface area contributed by atoms with Gasteiger partial charge >= 0.3 is 0 Å². The van der Waals surface area contributed by atoms with Crippen molar-refractivity contribution in [3.8, 4) is 11.3 Å². The highest BCUT2D eigenvalue weighted by Crippen LogP contribution is 2.49. The van der Waals surface area contributed by atoms with Crippen LogP contribution in [-0.2, 0) is 10.2 Å². The Morgan fingerprint density at radius 2 is 1.96 bits per heavy atom. The molecule has 2 aromatic heterocycles. The highest BCUT2D eigenvalue weighted by atomic mass is 35.5. The summed E-state index contributed by atoms with van der Waals surface area (Å²) in [4.78, 5) is 16.8. The summed E-state index contributed by atoms with van der Waals surface area (Å²) in [5.41, 5.74) is 0.908. The first-order chi connectivity index (χ1) is 11.7. The van der Waals surface area contributed by atoms with Crippen molar-refractivity contribution in [2.75, 3.05) is 5.32 Å². The lowest BCUT2D eigenvalue weighted by Gasteiger charge is -2.11. The minimum absolute atomic E-state index is 0.0999. The molecule has 0 bridgehead atoms. The summed E-state index contributed by atoms with van der Waals surface area (Å²) in [5, 5.41) is 7.63. The fraction of sp³-hybridized carbons (Fsp3) is 0.167. The maximum Gasteiger partial charge on any atom is 0.237 e. The number of halogens is 1. The van der Waals surface area contributed by atoms with Crippen molar-refractivity contribution in [3.05, 3.63) is 65.4 Å². The SMILES string of the molecule is O=C(Nc1ccccn1)C1(c2cc(-c3ccc(Cl)cc3)on2)CC1. The number of rotatable bonds is 4. The minimum atomic E-state index is -0.619. The average molecular weight is 340 g/mol. The predicted molar refractivity (Wildman–Crippen MR) is 90.7 cm³/mol. The Hall–Kier alpha value is -2.66. The molecule has 24 heavy (non-hydrogen) atoms. The van der Waals surface area contributed by atoms with E-state index in [4.69, 9.17) is 16.1 Å². The van der Waals surface area contributed by atoms with Crippen LogP contribution in [-0.4, -0.2) is 16.0 Å². The second kappa shape index (κ2) is 5.76. The molecule has 0 unspecified atom stereocenters. The van der Waals surface area contributed by atoms with Gasteiger partial charge in [0, 0.05) is 22.8 Å². The lowest BCUT2D eigenvalue weighted by molar-refractivity contribution is -0.118. The van der Waals surface area contributed by atoms with E-state index in [-0.39, 0.29) is 5.91 Å². The fourth-order valence-corrected chi connectivity index (χ4v) is 2.77. The Labute approximate surface area is 143 Å². The number of nitrogens with zero attached hydrogens (tertiary/aromatic N) is 2. The average Bonchev–Trinajstić information content (AvgIpc) is 3.27. The third-order valence-electron chi connectivity index (χ3n) is 4.22. The van der Waals surface area contributed by atoms with Gasteiger partial charge in [-0.25, -0.2) is 4.98 Å². The maximum atomic E-state index is 12.6. The van der Waals surface area contributed by atoms with E-state index in [1.165, 1.54) is 0 Å². The summed E-state index contributed by atoms with van der Waals surface area (Å²) in [6, 6.07) is 14.5. The number of pyridine rings is 1. The first-order valence-corrected chi connectivity index (χ1v) is 8.01. The fourth-order valence-electron chi connectivity index (χ4n) is 2.65. The third kappa shape index (κ3) is 2.67. The second-order valence-corrected chi connectivity index (χ2v) is 6.27. The van der Waals surface area contributed by atoms with E-state index >= 15 is 0 Å². The van der Waals surface area contributed by atoms with Gasteiger partial charge in [-0.15, -0.1) is 0 Å². The summed E-state index contributed by atoms with van der Waals surface area (Å²) < 4.78 is 5.43. The van der Waals surface area contributed by atoms with Gasteiger partial charge in [0.2, 0.25) is 5.91 Å². The zero-order valence-corrected chi connectivity index (χ0v) is 13.5. The molecule has 0 saturated heterocycles. The van der Waals surface area contributed by atoms with E-state index in [2.05, 4.69) is 15.5 Å². The van der Waals surface area contributed by atoms with E-state index in [9.17, 15) is 4.79 Å². The van der Waals surface area contributed by atoms with Gasteiger partial charge in [0.25, 0.3) is 0 Å². The van der Waals surface area contributed by atoms with Crippen LogP contribution in [0.4, 0.5) is 5.82 Å². The lowest BCUT2D eigenvalue weighted by atomic mass is 10.0. The molecule has 6 heteroatoms. The van der Waals surface area contributed by atoms with Crippen LogP contribution >= 0.6 is 11.6 Å². The maximum absolute atomic E-state index is 12.6. The van der Waals surface area contributed by atoms with Crippen molar-refractivity contribution in [2.24, 2.45) is 0 Å². The highest BCUT2D eigenvalue weighted by molar-refractivity contribution is 6.30. The zero-order valence-electron chi connectivity index (χ0n) is 12.7. The number of amides is 1. The molecule has 1 saturated carbocycles. The largest absolute Gasteiger partial charge is 0.356 e. The zero-order chi connectivity index (χ0) is 16.6. The molecule has 2 heterocycles. The summed E-state index contributed by atoms with van der Waals surface area (Å²) >= 11 is 5.90. The number of hydrogen-bond donors (Lipinski definition) is 1. The first-order valence-electron chi connectivity index (χ1n) is 7.63. The van der Waals surface area contributed by atoms with Gasteiger partial charge in [-0.3, -0.25) is 4.79 Å². The smallest absolute Gasteiger partial charge is 0.237 e. The first kappa shape index (κ1) is 14.9. The van der Waals surface area contributed by atoms with E-state index < -0.39 is 5.41 Å². The molecule has 120 valence electrons. The standard InChI is InChI=1S/C18H14ClN3O2/c19-13-6-4-12(5-7-13)14-11-15(22-24-14)18(8-9-18)17(23)21-16-3-1-2-10-20-16/h1-7,10-11H,8-9H2,(H,20,21,23). The van der Waals surface area contributed by atoms with E-state index in [0.29, 0.717) is 22.3 Å². The number of nitrogens with one attached hydrogen (secondary N) is 1. The topological polar surface area (TPSA) is 68.0 Å². The molecule has 1 aliphatic rings. The highest BCUT2D eigenvalue weighted by Gasteiger charge is 2.54. The number of aromatic nitrogens is 2. The van der Waals surface area contributed by atoms with E-state index in [0.717, 1.165) is 18.4 Å². The van der Waals surface area contributed by atoms with Gasteiger partial charge in [0.15, 0.2) is 5.76 Å². The molecule has 3 aromatic rings. The Morgan fingerprint density at radius 3 is 2.62 bits per heavy atom. The molecule has 0 aliphatic heterocycles. The van der Waals surface area contributed by atoms with Crippen molar-refractivity contribution in [1.82, 2.24) is 10.1 Å². The summed E-state index contributed by atoms with van der Waals surface area (Å²) in [7, 11) is 0. The van der Waals surface area contributed by atoms with Crippen molar-refractivity contribution in [3.63, 3.8) is 0 Å². The molecule has 0 spiro atoms. The van der Waals surface area contributed by atoms with Crippen LogP contribution in [0.2, 0.25) is 5.02 Å². The molecule has 1 aliphatic carbocycles. The number of hydrogen-bond acceptors (Lipinski definition) is 4. The Bertz CT molecular complexity index is 871. The summed E-state index contributed by atoms with van der Waals surface area (Å²) in [6.45, 7) is 0. The summed E-state index contributed by atoms with van der Waals surface area (Å²) in [6.07, 6.45) is 3.14. The normalized spacial score (nSPS) is 15.0. The summed E-state index contributed by atoms with van der Waals surface area (Å²) in [5.74, 6) is 1.06. The molecule has 0 radical (unpaired) electrons. The van der Waals surface area contributed by atoms with Crippen molar-refractivity contribution in [1.29, 1.82) is 0 Å². The van der Waals surface area contributed by atoms with Gasteiger partial charge in [-0.2, -0.15) is 0 Å². The predicted octanol–water partition coefficient (Wildman–Crippen LogP) is 4.06. The molecular formula is C18H14ClN3O2. The molecule has 5 nitrogen and oxygen atoms in total. The Morgan fingerprint density at radius 1 is 1.17 bits per heavy atom. The quantitative estimate of drug-likeness (QED) is 0.778. The molecule has 0 atom stereocenters. The van der Waals surface area contributed by atoms with Crippen LogP contribution in [0.1, 0.15) is 18.5 Å². The molecule has 1 aromatic carbocycles. The number of carbonyl (C=O) groups excluding carboxylic acids is 1. The number of benzene rings is 1. The van der Waals surface area contributed by atoms with Crippen molar-refractivity contribution < 1.29 is 9.32 Å². The second-order valence-electron chi connectivity index (χ2n) is 5.83. The van der Waals surface area contributed by atoms with Crippen LogP contribution in [0.15, 0.2) is 59.3 Å². The molecular weight excluding hydrogens is 326 g/mol. The lowest BCUT2D eigenvalue weighted by Crippen LogP contribution is -2.28. The van der Waals surface area contributed by atoms with Crippen LogP contribution < -0.4 is 5.32 Å². The van der Waals surface area contributed by atoms with Crippen molar-refractivity contribution >= 4 is 23.3 Å². The Kier molecular flexibility index (Phi) is 3.58. The molecule has 1 amide bonds. The van der Waals surface area contributed by atoms with Crippen LogP contribution in [0.3, 0.4) is 0 Å². The third-order valence-corrected chi connectivity index (χ3v) is 4.47. The van der Waals surface area contributed by atoms with E-state index in [1.54, 1.807) is 30.5 Å². The minimum Gasteiger partial charge on any atom is -0.356 e. The monoisotopic (exact) mass is 339 g/mol. The van der Waals surface area contributed by atoms with Gasteiger partial charge < -0.3 is 9.84 Å². The van der Waals surface area contributed by atoms with Crippen LogP contribution in [0, 0.1) is 0 Å². The molecule has 1 fully saturated rings. The molecule has 4 rings (SSSR count). The van der Waals surface area contributed by atoms with Gasteiger partial charge in [-0.1, -0.05) is 22.8 Å². The number of carbonyl (C=O) groups is 1. The van der Waals surface area contributed by atoms with Gasteiger partial charge in [0.05, 0.1) is 11.1 Å². The van der Waals surface area contributed by atoms with Gasteiger partial charge in [0.1, 0.15) is 5.82 Å². The van der Waals surface area contributed by atoms with Crippen LogP contribution in [0.5, 0.6) is 0 Å². The Balaban J connectivity index is 1.57. The van der Waals surface area contributed by atoms with E-state index in [1.807, 2.05) is 24.3 Å².